The van der Waals surface area contributed by atoms with Crippen LogP contribution in [0.4, 0.5) is 0 Å². The summed E-state index contributed by atoms with van der Waals surface area (Å²) in [6.45, 7) is 3.76. The van der Waals surface area contributed by atoms with Gasteiger partial charge >= 0.3 is 0 Å². The Bertz CT molecular complexity index is 549. The van der Waals surface area contributed by atoms with Gasteiger partial charge < -0.3 is 5.73 Å². The molecule has 1 heterocycles. The van der Waals surface area contributed by atoms with Crippen LogP contribution in [0, 0.1) is 0 Å². The lowest BCUT2D eigenvalue weighted by molar-refractivity contribution is 0.126. The molecule has 1 unspecified atom stereocenters. The quantitative estimate of drug-likeness (QED) is 0.849. The van der Waals surface area contributed by atoms with Gasteiger partial charge in [-0.3, -0.25) is 9.58 Å². The number of hydrogen-bond acceptors (Lipinski definition) is 3. The maximum atomic E-state index is 6.07. The van der Waals surface area contributed by atoms with Crippen molar-refractivity contribution in [2.75, 3.05) is 13.6 Å². The van der Waals surface area contributed by atoms with Gasteiger partial charge in [-0.15, -0.1) is 0 Å². The molecule has 0 saturated carbocycles. The van der Waals surface area contributed by atoms with Crippen LogP contribution in [0.15, 0.2) is 42.7 Å². The summed E-state index contributed by atoms with van der Waals surface area (Å²) in [6.07, 6.45) is 6.07. The third kappa shape index (κ3) is 4.16. The van der Waals surface area contributed by atoms with Crippen LogP contribution in [0.25, 0.3) is 0 Å². The van der Waals surface area contributed by atoms with E-state index in [9.17, 15) is 0 Å². The van der Waals surface area contributed by atoms with Gasteiger partial charge in [0, 0.05) is 37.4 Å². The van der Waals surface area contributed by atoms with Crippen molar-refractivity contribution in [3.63, 3.8) is 0 Å². The summed E-state index contributed by atoms with van der Waals surface area (Å²) >= 11 is 0. The van der Waals surface area contributed by atoms with Crippen LogP contribution >= 0.6 is 0 Å². The van der Waals surface area contributed by atoms with Crippen LogP contribution in [-0.4, -0.2) is 33.8 Å². The highest BCUT2D eigenvalue weighted by molar-refractivity contribution is 5.15. The fourth-order valence-corrected chi connectivity index (χ4v) is 2.53. The van der Waals surface area contributed by atoms with Gasteiger partial charge in [0.05, 0.1) is 6.20 Å². The molecule has 2 aromatic rings. The van der Waals surface area contributed by atoms with Crippen molar-refractivity contribution < 1.29 is 0 Å². The monoisotopic (exact) mass is 286 g/mol. The molecule has 0 aliphatic carbocycles. The lowest BCUT2D eigenvalue weighted by Crippen LogP contribution is -2.49. The van der Waals surface area contributed by atoms with Gasteiger partial charge in [-0.25, -0.2) is 0 Å². The zero-order valence-corrected chi connectivity index (χ0v) is 13.3. The summed E-state index contributed by atoms with van der Waals surface area (Å²) in [7, 11) is 4.09. The number of aryl methyl sites for hydroxylation is 2. The van der Waals surface area contributed by atoms with Gasteiger partial charge in [0.25, 0.3) is 0 Å². The first-order valence-corrected chi connectivity index (χ1v) is 7.46. The van der Waals surface area contributed by atoms with Crippen LogP contribution in [0.2, 0.25) is 0 Å². The zero-order valence-electron chi connectivity index (χ0n) is 13.3. The molecular formula is C17H26N4. The molecule has 0 saturated heterocycles. The fraction of sp³-hybridized carbons (Fsp3) is 0.471. The Morgan fingerprint density at radius 1 is 1.24 bits per heavy atom. The van der Waals surface area contributed by atoms with E-state index in [0.717, 1.165) is 19.4 Å². The van der Waals surface area contributed by atoms with Crippen molar-refractivity contribution in [1.82, 2.24) is 14.7 Å². The molecule has 0 amide bonds. The molecule has 21 heavy (non-hydrogen) atoms. The van der Waals surface area contributed by atoms with E-state index in [-0.39, 0.29) is 5.54 Å². The first-order valence-electron chi connectivity index (χ1n) is 7.46. The van der Waals surface area contributed by atoms with Crippen molar-refractivity contribution in [2.24, 2.45) is 12.8 Å². The number of hydrogen-bond donors (Lipinski definition) is 1. The van der Waals surface area contributed by atoms with Crippen molar-refractivity contribution in [2.45, 2.75) is 31.8 Å². The molecule has 1 aromatic carbocycles. The van der Waals surface area contributed by atoms with E-state index in [2.05, 4.69) is 60.5 Å². The van der Waals surface area contributed by atoms with E-state index in [1.54, 1.807) is 0 Å². The molecule has 4 heteroatoms. The number of likely N-dealkylation sites (N-methyl/N-ethyl adjacent to an activating group) is 1. The summed E-state index contributed by atoms with van der Waals surface area (Å²) in [6, 6.07) is 10.6. The van der Waals surface area contributed by atoms with Crippen LogP contribution < -0.4 is 5.73 Å². The molecule has 1 atom stereocenters. The molecule has 2 rings (SSSR count). The fourth-order valence-electron chi connectivity index (χ4n) is 2.53. The van der Waals surface area contributed by atoms with Gasteiger partial charge in [0.2, 0.25) is 0 Å². The third-order valence-corrected chi connectivity index (χ3v) is 4.33. The van der Waals surface area contributed by atoms with Crippen molar-refractivity contribution in [1.29, 1.82) is 0 Å². The van der Waals surface area contributed by atoms with Gasteiger partial charge in [-0.2, -0.15) is 5.10 Å². The van der Waals surface area contributed by atoms with Crippen molar-refractivity contribution in [3.8, 4) is 0 Å². The average molecular weight is 286 g/mol. The SMILES string of the molecule is CN(Cc1cnn(C)c1)C(C)(CN)CCc1ccccc1. The highest BCUT2D eigenvalue weighted by Crippen LogP contribution is 2.21. The molecule has 2 N–H and O–H groups in total. The Hall–Kier alpha value is -1.65. The topological polar surface area (TPSA) is 47.1 Å². The number of rotatable bonds is 7. The second-order valence-corrected chi connectivity index (χ2v) is 6.06. The first-order chi connectivity index (χ1) is 10.0. The van der Waals surface area contributed by atoms with E-state index < -0.39 is 0 Å². The second kappa shape index (κ2) is 6.87. The highest BCUT2D eigenvalue weighted by atomic mass is 15.2. The van der Waals surface area contributed by atoms with E-state index in [1.807, 2.05) is 17.9 Å². The summed E-state index contributed by atoms with van der Waals surface area (Å²) in [5.74, 6) is 0. The molecule has 0 radical (unpaired) electrons. The normalized spacial score (nSPS) is 14.3. The number of nitrogens with two attached hydrogens (primary N) is 1. The Kier molecular flexibility index (Phi) is 5.15. The molecule has 4 nitrogen and oxygen atoms in total. The predicted molar refractivity (Wildman–Crippen MR) is 86.9 cm³/mol. The molecule has 0 spiro atoms. The minimum absolute atomic E-state index is 0.00825. The molecule has 0 bridgehead atoms. The van der Waals surface area contributed by atoms with Crippen LogP contribution in [0.3, 0.4) is 0 Å². The van der Waals surface area contributed by atoms with Gasteiger partial charge in [-0.1, -0.05) is 30.3 Å². The number of aromatic nitrogens is 2. The largest absolute Gasteiger partial charge is 0.329 e. The molecule has 0 fully saturated rings. The Morgan fingerprint density at radius 2 is 1.95 bits per heavy atom. The summed E-state index contributed by atoms with van der Waals surface area (Å²) in [5.41, 5.74) is 8.65. The van der Waals surface area contributed by atoms with E-state index in [1.165, 1.54) is 11.1 Å². The zero-order chi connectivity index (χ0) is 15.3. The van der Waals surface area contributed by atoms with E-state index in [4.69, 9.17) is 5.73 Å². The molecule has 1 aromatic heterocycles. The van der Waals surface area contributed by atoms with Crippen molar-refractivity contribution in [3.05, 3.63) is 53.9 Å². The van der Waals surface area contributed by atoms with Crippen LogP contribution in [0.5, 0.6) is 0 Å². The number of benzene rings is 1. The maximum Gasteiger partial charge on any atom is 0.0534 e. The predicted octanol–water partition coefficient (Wildman–Crippen LogP) is 2.20. The summed E-state index contributed by atoms with van der Waals surface area (Å²) in [5, 5.41) is 4.23. The van der Waals surface area contributed by atoms with E-state index >= 15 is 0 Å². The minimum Gasteiger partial charge on any atom is -0.329 e. The first kappa shape index (κ1) is 15.7. The minimum atomic E-state index is -0.00825. The highest BCUT2D eigenvalue weighted by Gasteiger charge is 2.27. The Morgan fingerprint density at radius 3 is 2.52 bits per heavy atom. The molecular weight excluding hydrogens is 260 g/mol. The maximum absolute atomic E-state index is 6.07. The van der Waals surface area contributed by atoms with Gasteiger partial charge in [-0.05, 0) is 32.4 Å². The van der Waals surface area contributed by atoms with Crippen LogP contribution in [0.1, 0.15) is 24.5 Å². The van der Waals surface area contributed by atoms with Gasteiger partial charge in [0.1, 0.15) is 0 Å². The summed E-state index contributed by atoms with van der Waals surface area (Å²) in [4.78, 5) is 2.34. The standard InChI is InChI=1S/C17H26N4/c1-17(14-18,10-9-15-7-5-4-6-8-15)20(2)12-16-11-19-21(3)13-16/h4-8,11,13H,9-10,12,14,18H2,1-3H3. The Labute approximate surface area is 127 Å². The third-order valence-electron chi connectivity index (χ3n) is 4.33. The van der Waals surface area contributed by atoms with Gasteiger partial charge in [0.15, 0.2) is 0 Å². The van der Waals surface area contributed by atoms with Crippen molar-refractivity contribution >= 4 is 0 Å². The van der Waals surface area contributed by atoms with Crippen LogP contribution in [-0.2, 0) is 20.0 Å². The molecule has 0 aliphatic rings. The summed E-state index contributed by atoms with van der Waals surface area (Å²) < 4.78 is 1.84. The molecule has 0 aliphatic heterocycles. The number of nitrogens with zero attached hydrogens (tertiary/aromatic N) is 3. The Balaban J connectivity index is 1.98. The smallest absolute Gasteiger partial charge is 0.0534 e. The molecule has 114 valence electrons. The van der Waals surface area contributed by atoms with E-state index in [0.29, 0.717) is 6.54 Å². The lowest BCUT2D eigenvalue weighted by atomic mass is 9.91. The average Bonchev–Trinajstić information content (AvgIpc) is 2.91. The second-order valence-electron chi connectivity index (χ2n) is 6.06. The lowest BCUT2D eigenvalue weighted by Gasteiger charge is -2.38.